The number of hydrogen-bond acceptors (Lipinski definition) is 1. The third-order valence-electron chi connectivity index (χ3n) is 8.44. The van der Waals surface area contributed by atoms with Gasteiger partial charge >= 0.3 is 0 Å². The minimum atomic E-state index is -0.616. The fraction of sp³-hybridized carbons (Fsp3) is 0. The average Bonchev–Trinajstić information content (AvgIpc) is 3.58. The smallest absolute Gasteiger partial charge is 0.143 e. The number of para-hydroxylation sites is 1. The lowest BCUT2D eigenvalue weighted by Crippen LogP contribution is -1.93. The van der Waals surface area contributed by atoms with Gasteiger partial charge in [-0.3, -0.25) is 0 Å². The van der Waals surface area contributed by atoms with Crippen LogP contribution in [0.3, 0.4) is 0 Å². The summed E-state index contributed by atoms with van der Waals surface area (Å²) in [7, 11) is 0. The summed E-state index contributed by atoms with van der Waals surface area (Å²) in [4.78, 5) is 0. The van der Waals surface area contributed by atoms with Crippen molar-refractivity contribution in [1.29, 1.82) is 0 Å². The summed E-state index contributed by atoms with van der Waals surface area (Å²) in [5.74, 6) is 0. The van der Waals surface area contributed by atoms with Gasteiger partial charge in [0, 0.05) is 16.3 Å². The van der Waals surface area contributed by atoms with Gasteiger partial charge in [0.2, 0.25) is 0 Å². The van der Waals surface area contributed by atoms with E-state index in [1.807, 2.05) is 84.9 Å². The Labute approximate surface area is 274 Å². The molecule has 1 aromatic heterocycles. The largest absolute Gasteiger partial charge is 0.455 e. The maximum absolute atomic E-state index is 9.35. The zero-order valence-corrected chi connectivity index (χ0v) is 23.9. The molecular formula is C44H28O. The van der Waals surface area contributed by atoms with Crippen molar-refractivity contribution in [2.45, 2.75) is 0 Å². The molecule has 1 heterocycles. The summed E-state index contributed by atoms with van der Waals surface area (Å²) in [6, 6.07) is 32.9. The van der Waals surface area contributed by atoms with Crippen molar-refractivity contribution < 1.29 is 16.8 Å². The molecule has 0 spiro atoms. The highest BCUT2D eigenvalue weighted by Crippen LogP contribution is 2.48. The molecule has 0 unspecified atom stereocenters. The molecule has 0 aliphatic heterocycles. The monoisotopic (exact) mass is 581 g/mol. The van der Waals surface area contributed by atoms with Crippen LogP contribution in [0.2, 0.25) is 0 Å². The first-order valence-corrected chi connectivity index (χ1v) is 14.7. The Balaban J connectivity index is 1.40. The molecule has 0 aliphatic carbocycles. The van der Waals surface area contributed by atoms with E-state index in [4.69, 9.17) is 14.0 Å². The van der Waals surface area contributed by atoms with Crippen molar-refractivity contribution in [3.63, 3.8) is 0 Å². The SMILES string of the molecule is [2H]c1c([2H])c([2H])c(-c2c([2H])c([2H])c(-c3c4ccccc4c(-c4ccc5c(oc6ccccc65)c4-c4ccccc4)c4ccccc34)c([2H])c2[2H])c([2H])c1[2H]. The van der Waals surface area contributed by atoms with Gasteiger partial charge < -0.3 is 4.42 Å². The zero-order valence-electron chi connectivity index (χ0n) is 32.9. The molecular weight excluding hydrogens is 544 g/mol. The molecule has 45 heavy (non-hydrogen) atoms. The summed E-state index contributed by atoms with van der Waals surface area (Å²) < 4.78 is 85.1. The van der Waals surface area contributed by atoms with Crippen molar-refractivity contribution in [2.75, 3.05) is 0 Å². The van der Waals surface area contributed by atoms with Crippen molar-refractivity contribution in [3.05, 3.63) is 170 Å². The minimum absolute atomic E-state index is 0.0519. The molecule has 210 valence electrons. The fourth-order valence-electron chi connectivity index (χ4n) is 6.51. The predicted octanol–water partition coefficient (Wildman–Crippen LogP) is 12.6. The van der Waals surface area contributed by atoms with E-state index in [-0.39, 0.29) is 28.8 Å². The van der Waals surface area contributed by atoms with Crippen LogP contribution in [0.25, 0.3) is 88.0 Å². The minimum Gasteiger partial charge on any atom is -0.455 e. The van der Waals surface area contributed by atoms with Crippen LogP contribution >= 0.6 is 0 Å². The van der Waals surface area contributed by atoms with E-state index < -0.39 is 42.3 Å². The number of hydrogen-bond donors (Lipinski definition) is 0. The van der Waals surface area contributed by atoms with E-state index in [1.54, 1.807) is 0 Å². The summed E-state index contributed by atoms with van der Waals surface area (Å²) in [6.45, 7) is 0. The third-order valence-corrected chi connectivity index (χ3v) is 8.44. The standard InChI is InChI=1S/C44H28O/c1-3-13-29(14-4-1)30-23-25-32(26-24-30)41-34-18-7-9-20-36(34)43(37-21-10-8-19-35(37)41)39-28-27-38-33-17-11-12-22-40(33)45-44(38)42(39)31-15-5-2-6-16-31/h1-28H/i1D,3D,4D,13D,14D,23D,24D,25D,26D. The third kappa shape index (κ3) is 4.09. The van der Waals surface area contributed by atoms with Crippen LogP contribution in [0.5, 0.6) is 0 Å². The van der Waals surface area contributed by atoms with E-state index >= 15 is 0 Å². The molecule has 1 heteroatoms. The van der Waals surface area contributed by atoms with E-state index in [0.29, 0.717) is 16.3 Å². The molecule has 0 saturated heterocycles. The van der Waals surface area contributed by atoms with E-state index in [1.165, 1.54) is 0 Å². The highest BCUT2D eigenvalue weighted by Gasteiger charge is 2.22. The van der Waals surface area contributed by atoms with Crippen molar-refractivity contribution in [2.24, 2.45) is 0 Å². The molecule has 9 rings (SSSR count). The average molecular weight is 582 g/mol. The van der Waals surface area contributed by atoms with Crippen LogP contribution in [-0.4, -0.2) is 0 Å². The Morgan fingerprint density at radius 1 is 0.356 bits per heavy atom. The van der Waals surface area contributed by atoms with Gasteiger partial charge in [0.05, 0.1) is 12.3 Å². The fourth-order valence-corrected chi connectivity index (χ4v) is 6.51. The maximum Gasteiger partial charge on any atom is 0.143 e. The van der Waals surface area contributed by atoms with Crippen LogP contribution in [0.1, 0.15) is 12.3 Å². The van der Waals surface area contributed by atoms with Gasteiger partial charge in [-0.2, -0.15) is 0 Å². The Morgan fingerprint density at radius 2 is 0.889 bits per heavy atom. The highest BCUT2D eigenvalue weighted by molar-refractivity contribution is 6.24. The molecule has 0 bridgehead atoms. The second-order valence-corrected chi connectivity index (χ2v) is 10.9. The molecule has 0 fully saturated rings. The van der Waals surface area contributed by atoms with Gasteiger partial charge in [-0.15, -0.1) is 0 Å². The quantitative estimate of drug-likeness (QED) is 0.188. The number of furan rings is 1. The first-order valence-electron chi connectivity index (χ1n) is 19.2. The van der Waals surface area contributed by atoms with Crippen LogP contribution < -0.4 is 0 Å². The summed E-state index contributed by atoms with van der Waals surface area (Å²) >= 11 is 0. The van der Waals surface area contributed by atoms with Crippen molar-refractivity contribution in [3.8, 4) is 44.5 Å². The first-order chi connectivity index (χ1) is 26.1. The molecule has 0 amide bonds. The summed E-state index contributed by atoms with van der Waals surface area (Å²) in [5.41, 5.74) is 5.09. The molecule has 9 aromatic rings. The Bertz CT molecular complexity index is 2930. The normalized spacial score (nSPS) is 14.4. The molecule has 0 saturated carbocycles. The summed E-state index contributed by atoms with van der Waals surface area (Å²) in [6.07, 6.45) is 0. The molecule has 0 N–H and O–H groups in total. The Hall–Kier alpha value is -5.92. The Morgan fingerprint density at radius 3 is 1.56 bits per heavy atom. The van der Waals surface area contributed by atoms with Crippen LogP contribution in [-0.2, 0) is 0 Å². The lowest BCUT2D eigenvalue weighted by molar-refractivity contribution is 0.670. The number of benzene rings is 8. The predicted molar refractivity (Wildman–Crippen MR) is 190 cm³/mol. The number of rotatable bonds is 4. The molecule has 0 radical (unpaired) electrons. The second-order valence-electron chi connectivity index (χ2n) is 10.9. The molecule has 8 aromatic carbocycles. The van der Waals surface area contributed by atoms with Crippen molar-refractivity contribution >= 4 is 43.5 Å². The lowest BCUT2D eigenvalue weighted by Gasteiger charge is -2.20. The maximum atomic E-state index is 9.35. The first kappa shape index (κ1) is 18.0. The van der Waals surface area contributed by atoms with Crippen LogP contribution in [0.4, 0.5) is 0 Å². The second kappa shape index (κ2) is 10.4. The molecule has 1 nitrogen and oxygen atoms in total. The molecule has 0 atom stereocenters. The topological polar surface area (TPSA) is 13.1 Å². The lowest BCUT2D eigenvalue weighted by atomic mass is 9.83. The number of fused-ring (bicyclic) bond motifs is 5. The van der Waals surface area contributed by atoms with Gasteiger partial charge in [0.25, 0.3) is 0 Å². The van der Waals surface area contributed by atoms with Gasteiger partial charge in [0.15, 0.2) is 0 Å². The van der Waals surface area contributed by atoms with Crippen LogP contribution in [0.15, 0.2) is 174 Å². The zero-order chi connectivity index (χ0) is 37.6. The highest BCUT2D eigenvalue weighted by atomic mass is 16.3. The van der Waals surface area contributed by atoms with Gasteiger partial charge in [-0.1, -0.05) is 158 Å². The van der Waals surface area contributed by atoms with Crippen LogP contribution in [0, 0.1) is 0 Å². The van der Waals surface area contributed by atoms with Gasteiger partial charge in [-0.05, 0) is 72.6 Å². The molecule has 0 aliphatic rings. The van der Waals surface area contributed by atoms with Gasteiger partial charge in [-0.25, -0.2) is 0 Å². The summed E-state index contributed by atoms with van der Waals surface area (Å²) in [5, 5.41) is 5.05. The van der Waals surface area contributed by atoms with E-state index in [9.17, 15) is 2.74 Å². The van der Waals surface area contributed by atoms with E-state index in [0.717, 1.165) is 55.0 Å². The van der Waals surface area contributed by atoms with Crippen molar-refractivity contribution in [1.82, 2.24) is 0 Å². The Kier molecular flexibility index (Phi) is 4.15. The van der Waals surface area contributed by atoms with Gasteiger partial charge in [0.1, 0.15) is 11.2 Å². The van der Waals surface area contributed by atoms with E-state index in [2.05, 4.69) is 30.3 Å².